The second-order valence-corrected chi connectivity index (χ2v) is 6.65. The number of aryl methyl sites for hydroxylation is 2. The molecule has 118 valence electrons. The highest BCUT2D eigenvalue weighted by Crippen LogP contribution is 2.38. The Morgan fingerprint density at radius 3 is 2.00 bits per heavy atom. The van der Waals surface area contributed by atoms with Gasteiger partial charge in [-0.3, -0.25) is 0 Å². The lowest BCUT2D eigenvalue weighted by molar-refractivity contribution is 0.0781. The standard InChI is InChI=1S/C17H17BrF2O2/c1-9-5-12(19)6-10(2)15(9)22-16-13(18)7-11(8-14(16)20)17(3,4)21/h5-8,21H,1-4H3. The summed E-state index contributed by atoms with van der Waals surface area (Å²) in [7, 11) is 0. The molecule has 1 N–H and O–H groups in total. The minimum Gasteiger partial charge on any atom is -0.453 e. The van der Waals surface area contributed by atoms with Gasteiger partial charge in [-0.2, -0.15) is 0 Å². The number of hydrogen-bond acceptors (Lipinski definition) is 2. The lowest BCUT2D eigenvalue weighted by Crippen LogP contribution is -2.16. The van der Waals surface area contributed by atoms with Crippen molar-refractivity contribution in [2.45, 2.75) is 33.3 Å². The van der Waals surface area contributed by atoms with Crippen LogP contribution in [0.15, 0.2) is 28.7 Å². The van der Waals surface area contributed by atoms with Gasteiger partial charge in [0.15, 0.2) is 11.6 Å². The second kappa shape index (κ2) is 5.97. The number of benzene rings is 2. The van der Waals surface area contributed by atoms with Crippen molar-refractivity contribution in [1.29, 1.82) is 0 Å². The molecule has 0 saturated carbocycles. The Bertz CT molecular complexity index is 675. The summed E-state index contributed by atoms with van der Waals surface area (Å²) < 4.78 is 33.7. The van der Waals surface area contributed by atoms with Gasteiger partial charge in [0.05, 0.1) is 10.1 Å². The third-order valence-electron chi connectivity index (χ3n) is 3.33. The summed E-state index contributed by atoms with van der Waals surface area (Å²) >= 11 is 3.26. The van der Waals surface area contributed by atoms with Crippen molar-refractivity contribution in [2.75, 3.05) is 0 Å². The van der Waals surface area contributed by atoms with E-state index in [9.17, 15) is 13.9 Å². The summed E-state index contributed by atoms with van der Waals surface area (Å²) in [6.07, 6.45) is 0. The summed E-state index contributed by atoms with van der Waals surface area (Å²) in [6.45, 7) is 6.54. The molecule has 0 atom stereocenters. The summed E-state index contributed by atoms with van der Waals surface area (Å²) in [5, 5.41) is 9.97. The molecule has 0 aliphatic heterocycles. The molecule has 2 nitrogen and oxygen atoms in total. The van der Waals surface area contributed by atoms with Gasteiger partial charge in [0.2, 0.25) is 0 Å². The van der Waals surface area contributed by atoms with Crippen LogP contribution in [-0.2, 0) is 5.60 Å². The largest absolute Gasteiger partial charge is 0.453 e. The molecule has 0 aliphatic carbocycles. The van der Waals surface area contributed by atoms with E-state index in [0.717, 1.165) is 0 Å². The van der Waals surface area contributed by atoms with Gasteiger partial charge in [-0.1, -0.05) is 0 Å². The van der Waals surface area contributed by atoms with Crippen LogP contribution >= 0.6 is 15.9 Å². The SMILES string of the molecule is Cc1cc(F)cc(C)c1Oc1c(F)cc(C(C)(C)O)cc1Br. The highest BCUT2D eigenvalue weighted by Gasteiger charge is 2.21. The van der Waals surface area contributed by atoms with Crippen LogP contribution in [0.2, 0.25) is 0 Å². The fourth-order valence-corrected chi connectivity index (χ4v) is 2.69. The van der Waals surface area contributed by atoms with Crippen molar-refractivity contribution in [3.8, 4) is 11.5 Å². The minimum atomic E-state index is -1.16. The molecule has 0 fully saturated rings. The van der Waals surface area contributed by atoms with Gasteiger partial charge in [0.1, 0.15) is 11.6 Å². The normalized spacial score (nSPS) is 11.6. The lowest BCUT2D eigenvalue weighted by atomic mass is 9.98. The van der Waals surface area contributed by atoms with Gasteiger partial charge in [0.25, 0.3) is 0 Å². The van der Waals surface area contributed by atoms with E-state index in [1.54, 1.807) is 33.8 Å². The zero-order chi connectivity index (χ0) is 16.7. The highest BCUT2D eigenvalue weighted by molar-refractivity contribution is 9.10. The topological polar surface area (TPSA) is 29.5 Å². The van der Waals surface area contributed by atoms with Gasteiger partial charge >= 0.3 is 0 Å². The van der Waals surface area contributed by atoms with Crippen LogP contribution in [0.25, 0.3) is 0 Å². The van der Waals surface area contributed by atoms with Crippen LogP contribution in [0.3, 0.4) is 0 Å². The molecule has 0 radical (unpaired) electrons. The third kappa shape index (κ3) is 3.47. The van der Waals surface area contributed by atoms with Gasteiger partial charge < -0.3 is 9.84 Å². The third-order valence-corrected chi connectivity index (χ3v) is 3.92. The number of aliphatic hydroxyl groups is 1. The Balaban J connectivity index is 2.48. The zero-order valence-electron chi connectivity index (χ0n) is 12.8. The van der Waals surface area contributed by atoms with Gasteiger partial charge in [-0.25, -0.2) is 8.78 Å². The Kier molecular flexibility index (Phi) is 4.59. The van der Waals surface area contributed by atoms with Crippen molar-refractivity contribution in [1.82, 2.24) is 0 Å². The van der Waals surface area contributed by atoms with Crippen molar-refractivity contribution in [2.24, 2.45) is 0 Å². The second-order valence-electron chi connectivity index (χ2n) is 5.80. The molecule has 5 heteroatoms. The van der Waals surface area contributed by atoms with Crippen LogP contribution in [0.5, 0.6) is 11.5 Å². The maximum atomic E-state index is 14.3. The van der Waals surface area contributed by atoms with Gasteiger partial charge in [-0.15, -0.1) is 0 Å². The molecule has 0 spiro atoms. The van der Waals surface area contributed by atoms with E-state index in [1.165, 1.54) is 18.2 Å². The van der Waals surface area contributed by atoms with E-state index in [-0.39, 0.29) is 11.6 Å². The predicted octanol–water partition coefficient (Wildman–Crippen LogP) is 5.36. The molecule has 0 heterocycles. The predicted molar refractivity (Wildman–Crippen MR) is 85.3 cm³/mol. The van der Waals surface area contributed by atoms with E-state index in [1.807, 2.05) is 0 Å². The quantitative estimate of drug-likeness (QED) is 0.787. The monoisotopic (exact) mass is 370 g/mol. The molecule has 22 heavy (non-hydrogen) atoms. The highest BCUT2D eigenvalue weighted by atomic mass is 79.9. The van der Waals surface area contributed by atoms with E-state index in [4.69, 9.17) is 4.74 Å². The number of hydrogen-bond donors (Lipinski definition) is 1. The van der Waals surface area contributed by atoms with Crippen molar-refractivity contribution >= 4 is 15.9 Å². The Morgan fingerprint density at radius 1 is 1.00 bits per heavy atom. The summed E-state index contributed by atoms with van der Waals surface area (Å²) in [4.78, 5) is 0. The molecule has 0 unspecified atom stereocenters. The zero-order valence-corrected chi connectivity index (χ0v) is 14.4. The number of halogens is 3. The first-order valence-electron chi connectivity index (χ1n) is 6.76. The molecule has 2 rings (SSSR count). The first-order chi connectivity index (χ1) is 10.1. The number of ether oxygens (including phenoxy) is 1. The van der Waals surface area contributed by atoms with Crippen molar-refractivity contribution in [3.63, 3.8) is 0 Å². The van der Waals surface area contributed by atoms with E-state index in [0.29, 0.717) is 26.9 Å². The Labute approximate surface area is 136 Å². The summed E-state index contributed by atoms with van der Waals surface area (Å²) in [5.74, 6) is -0.545. The molecular formula is C17H17BrF2O2. The Morgan fingerprint density at radius 2 is 1.55 bits per heavy atom. The van der Waals surface area contributed by atoms with Crippen LogP contribution in [0.1, 0.15) is 30.5 Å². The van der Waals surface area contributed by atoms with E-state index < -0.39 is 11.4 Å². The van der Waals surface area contributed by atoms with E-state index >= 15 is 0 Å². The first kappa shape index (κ1) is 16.9. The molecular weight excluding hydrogens is 354 g/mol. The average molecular weight is 371 g/mol. The molecule has 2 aromatic carbocycles. The maximum absolute atomic E-state index is 14.3. The fourth-order valence-electron chi connectivity index (χ4n) is 2.17. The van der Waals surface area contributed by atoms with Gasteiger partial charge in [0, 0.05) is 0 Å². The Hall–Kier alpha value is -1.46. The van der Waals surface area contributed by atoms with Crippen LogP contribution in [-0.4, -0.2) is 5.11 Å². The molecule has 0 saturated heterocycles. The average Bonchev–Trinajstić information content (AvgIpc) is 2.34. The van der Waals surface area contributed by atoms with Crippen molar-refractivity contribution < 1.29 is 18.6 Å². The first-order valence-corrected chi connectivity index (χ1v) is 7.55. The number of rotatable bonds is 3. The smallest absolute Gasteiger partial charge is 0.177 e. The van der Waals surface area contributed by atoms with Crippen LogP contribution < -0.4 is 4.74 Å². The minimum absolute atomic E-state index is 0.00538. The fraction of sp³-hybridized carbons (Fsp3) is 0.294. The summed E-state index contributed by atoms with van der Waals surface area (Å²) in [5.41, 5.74) is 0.423. The van der Waals surface area contributed by atoms with Crippen LogP contribution in [0, 0.1) is 25.5 Å². The summed E-state index contributed by atoms with van der Waals surface area (Å²) in [6, 6.07) is 5.50. The maximum Gasteiger partial charge on any atom is 0.177 e. The van der Waals surface area contributed by atoms with Crippen LogP contribution in [0.4, 0.5) is 8.78 Å². The molecule has 0 aromatic heterocycles. The molecule has 0 bridgehead atoms. The molecule has 2 aromatic rings. The lowest BCUT2D eigenvalue weighted by Gasteiger charge is -2.20. The van der Waals surface area contributed by atoms with Crippen molar-refractivity contribution in [3.05, 3.63) is 57.1 Å². The molecule has 0 aliphatic rings. The van der Waals surface area contributed by atoms with E-state index in [2.05, 4.69) is 15.9 Å². The molecule has 0 amide bonds. The van der Waals surface area contributed by atoms with Gasteiger partial charge in [-0.05, 0) is 84.6 Å².